The second-order valence-electron chi connectivity index (χ2n) is 4.73. The zero-order valence-electron chi connectivity index (χ0n) is 11.7. The summed E-state index contributed by atoms with van der Waals surface area (Å²) in [6, 6.07) is 14.7. The average Bonchev–Trinajstić information content (AvgIpc) is 2.46. The summed E-state index contributed by atoms with van der Waals surface area (Å²) >= 11 is 0. The molecule has 3 heteroatoms. The third-order valence-corrected chi connectivity index (χ3v) is 2.94. The van der Waals surface area contributed by atoms with Crippen molar-refractivity contribution >= 4 is 0 Å². The highest BCUT2D eigenvalue weighted by Crippen LogP contribution is 2.12. The minimum Gasteiger partial charge on any atom is -0.494 e. The number of nitrogens with one attached hydrogen (secondary N) is 1. The number of halogens is 1. The first-order chi connectivity index (χ1) is 9.78. The summed E-state index contributed by atoms with van der Waals surface area (Å²) in [6.45, 7) is 4.25. The lowest BCUT2D eigenvalue weighted by Gasteiger charge is -2.07. The molecule has 0 aliphatic carbocycles. The minimum absolute atomic E-state index is 0.193. The van der Waals surface area contributed by atoms with Crippen LogP contribution in [0.4, 0.5) is 4.39 Å². The van der Waals surface area contributed by atoms with E-state index in [4.69, 9.17) is 4.74 Å². The summed E-state index contributed by atoms with van der Waals surface area (Å²) in [5.41, 5.74) is 2.14. The van der Waals surface area contributed by atoms with Crippen LogP contribution >= 0.6 is 0 Å². The Morgan fingerprint density at radius 1 is 1.00 bits per heavy atom. The fourth-order valence-corrected chi connectivity index (χ4v) is 1.92. The molecule has 0 saturated heterocycles. The molecule has 0 saturated carbocycles. The van der Waals surface area contributed by atoms with Gasteiger partial charge >= 0.3 is 0 Å². The van der Waals surface area contributed by atoms with E-state index in [0.717, 1.165) is 30.9 Å². The van der Waals surface area contributed by atoms with Gasteiger partial charge in [0.2, 0.25) is 0 Å². The molecule has 0 aromatic heterocycles. The van der Waals surface area contributed by atoms with E-state index >= 15 is 0 Å². The van der Waals surface area contributed by atoms with Crippen molar-refractivity contribution in [2.45, 2.75) is 26.4 Å². The SMILES string of the molecule is CCCOc1ccc(CNCc2cccc(F)c2)cc1. The average molecular weight is 273 g/mol. The van der Waals surface area contributed by atoms with Crippen molar-refractivity contribution in [2.24, 2.45) is 0 Å². The van der Waals surface area contributed by atoms with Crippen LogP contribution < -0.4 is 10.1 Å². The Hall–Kier alpha value is -1.87. The van der Waals surface area contributed by atoms with Gasteiger partial charge in [0.15, 0.2) is 0 Å². The van der Waals surface area contributed by atoms with Crippen molar-refractivity contribution in [3.63, 3.8) is 0 Å². The summed E-state index contributed by atoms with van der Waals surface area (Å²) < 4.78 is 18.6. The quantitative estimate of drug-likeness (QED) is 0.826. The summed E-state index contributed by atoms with van der Waals surface area (Å²) in [6.07, 6.45) is 1.01. The van der Waals surface area contributed by atoms with Crippen molar-refractivity contribution < 1.29 is 9.13 Å². The normalized spacial score (nSPS) is 10.5. The Morgan fingerprint density at radius 2 is 1.75 bits per heavy atom. The predicted octanol–water partition coefficient (Wildman–Crippen LogP) is 3.90. The fourth-order valence-electron chi connectivity index (χ4n) is 1.92. The molecular weight excluding hydrogens is 253 g/mol. The summed E-state index contributed by atoms with van der Waals surface area (Å²) in [4.78, 5) is 0. The maximum atomic E-state index is 13.0. The molecule has 2 aromatic carbocycles. The van der Waals surface area contributed by atoms with Gasteiger partial charge in [-0.2, -0.15) is 0 Å². The van der Waals surface area contributed by atoms with Crippen LogP contribution in [0.5, 0.6) is 5.75 Å². The molecule has 0 aliphatic heterocycles. The van der Waals surface area contributed by atoms with E-state index in [1.54, 1.807) is 12.1 Å². The van der Waals surface area contributed by atoms with Crippen LogP contribution in [0.1, 0.15) is 24.5 Å². The maximum Gasteiger partial charge on any atom is 0.123 e. The topological polar surface area (TPSA) is 21.3 Å². The van der Waals surface area contributed by atoms with E-state index in [1.807, 2.05) is 30.3 Å². The molecular formula is C17H20FNO. The van der Waals surface area contributed by atoms with Gasteiger partial charge < -0.3 is 10.1 Å². The summed E-state index contributed by atoms with van der Waals surface area (Å²) in [5, 5.41) is 3.30. The third kappa shape index (κ3) is 4.67. The number of benzene rings is 2. The Morgan fingerprint density at radius 3 is 2.45 bits per heavy atom. The van der Waals surface area contributed by atoms with E-state index in [9.17, 15) is 4.39 Å². The largest absolute Gasteiger partial charge is 0.494 e. The first kappa shape index (κ1) is 14.5. The van der Waals surface area contributed by atoms with Gasteiger partial charge in [-0.15, -0.1) is 0 Å². The van der Waals surface area contributed by atoms with E-state index < -0.39 is 0 Å². The first-order valence-corrected chi connectivity index (χ1v) is 6.95. The van der Waals surface area contributed by atoms with Crippen LogP contribution in [0.15, 0.2) is 48.5 Å². The summed E-state index contributed by atoms with van der Waals surface area (Å²) in [5.74, 6) is 0.711. The van der Waals surface area contributed by atoms with E-state index in [1.165, 1.54) is 11.6 Å². The molecule has 0 aliphatic rings. The highest BCUT2D eigenvalue weighted by atomic mass is 19.1. The van der Waals surface area contributed by atoms with E-state index in [0.29, 0.717) is 6.54 Å². The number of ether oxygens (including phenoxy) is 1. The molecule has 1 N–H and O–H groups in total. The van der Waals surface area contributed by atoms with Gasteiger partial charge in [0.1, 0.15) is 11.6 Å². The lowest BCUT2D eigenvalue weighted by atomic mass is 10.2. The zero-order chi connectivity index (χ0) is 14.2. The second kappa shape index (κ2) is 7.65. The number of hydrogen-bond acceptors (Lipinski definition) is 2. The van der Waals surface area contributed by atoms with Crippen LogP contribution in [0.3, 0.4) is 0 Å². The van der Waals surface area contributed by atoms with Gasteiger partial charge in [-0.3, -0.25) is 0 Å². The Bertz CT molecular complexity index is 525. The predicted molar refractivity (Wildman–Crippen MR) is 79.2 cm³/mol. The minimum atomic E-state index is -0.193. The van der Waals surface area contributed by atoms with Crippen molar-refractivity contribution in [1.82, 2.24) is 5.32 Å². The van der Waals surface area contributed by atoms with Gasteiger partial charge in [0.05, 0.1) is 6.61 Å². The molecule has 2 rings (SSSR count). The van der Waals surface area contributed by atoms with Gasteiger partial charge in [-0.05, 0) is 41.8 Å². The highest BCUT2D eigenvalue weighted by Gasteiger charge is 1.97. The molecule has 2 nitrogen and oxygen atoms in total. The van der Waals surface area contributed by atoms with E-state index in [-0.39, 0.29) is 5.82 Å². The van der Waals surface area contributed by atoms with Crippen LogP contribution in [0.2, 0.25) is 0 Å². The molecule has 2 aromatic rings. The zero-order valence-corrected chi connectivity index (χ0v) is 11.7. The molecule has 106 valence electrons. The standard InChI is InChI=1S/C17H20FNO/c1-2-10-20-17-8-6-14(7-9-17)12-19-13-15-4-3-5-16(18)11-15/h3-9,11,19H,2,10,12-13H2,1H3. The lowest BCUT2D eigenvalue weighted by Crippen LogP contribution is -2.12. The van der Waals surface area contributed by atoms with Crippen molar-refractivity contribution in [2.75, 3.05) is 6.61 Å². The van der Waals surface area contributed by atoms with Gasteiger partial charge in [-0.25, -0.2) is 4.39 Å². The molecule has 0 amide bonds. The smallest absolute Gasteiger partial charge is 0.123 e. The number of hydrogen-bond donors (Lipinski definition) is 1. The van der Waals surface area contributed by atoms with Crippen molar-refractivity contribution in [1.29, 1.82) is 0 Å². The van der Waals surface area contributed by atoms with Crippen LogP contribution in [-0.2, 0) is 13.1 Å². The molecule has 0 radical (unpaired) electrons. The highest BCUT2D eigenvalue weighted by molar-refractivity contribution is 5.27. The second-order valence-corrected chi connectivity index (χ2v) is 4.73. The Balaban J connectivity index is 1.79. The Labute approximate surface area is 119 Å². The monoisotopic (exact) mass is 273 g/mol. The molecule has 0 heterocycles. The number of rotatable bonds is 7. The fraction of sp³-hybridized carbons (Fsp3) is 0.294. The molecule has 0 atom stereocenters. The van der Waals surface area contributed by atoms with Gasteiger partial charge in [0, 0.05) is 13.1 Å². The van der Waals surface area contributed by atoms with Crippen molar-refractivity contribution in [3.05, 3.63) is 65.5 Å². The molecule has 0 fully saturated rings. The lowest BCUT2D eigenvalue weighted by molar-refractivity contribution is 0.317. The Kier molecular flexibility index (Phi) is 5.56. The van der Waals surface area contributed by atoms with Gasteiger partial charge in [-0.1, -0.05) is 31.2 Å². The van der Waals surface area contributed by atoms with Crippen LogP contribution in [-0.4, -0.2) is 6.61 Å². The molecule has 0 spiro atoms. The molecule has 0 unspecified atom stereocenters. The molecule has 20 heavy (non-hydrogen) atoms. The maximum absolute atomic E-state index is 13.0. The first-order valence-electron chi connectivity index (χ1n) is 6.95. The van der Waals surface area contributed by atoms with Gasteiger partial charge in [0.25, 0.3) is 0 Å². The van der Waals surface area contributed by atoms with Crippen LogP contribution in [0, 0.1) is 5.82 Å². The van der Waals surface area contributed by atoms with Crippen molar-refractivity contribution in [3.8, 4) is 5.75 Å². The van der Waals surface area contributed by atoms with Crippen LogP contribution in [0.25, 0.3) is 0 Å². The molecule has 0 bridgehead atoms. The third-order valence-electron chi connectivity index (χ3n) is 2.94. The summed E-state index contributed by atoms with van der Waals surface area (Å²) in [7, 11) is 0. The van der Waals surface area contributed by atoms with E-state index in [2.05, 4.69) is 12.2 Å².